The van der Waals surface area contributed by atoms with Gasteiger partial charge >= 0.3 is 12.2 Å². The first-order valence-corrected chi connectivity index (χ1v) is 11.8. The Morgan fingerprint density at radius 3 is 2.33 bits per heavy atom. The molecule has 1 aromatic carbocycles. The van der Waals surface area contributed by atoms with Crippen LogP contribution < -0.4 is 10.2 Å². The molecule has 11 nitrogen and oxygen atoms in total. The Balaban J connectivity index is 1.53. The number of amides is 2. The first-order valence-electron chi connectivity index (χ1n) is 10.2. The van der Waals surface area contributed by atoms with Gasteiger partial charge in [0.25, 0.3) is 5.69 Å². The highest BCUT2D eigenvalue weighted by Crippen LogP contribution is 2.36. The average Bonchev–Trinajstić information content (AvgIpc) is 2.78. The van der Waals surface area contributed by atoms with E-state index in [9.17, 15) is 36.5 Å². The van der Waals surface area contributed by atoms with Gasteiger partial charge in [0.1, 0.15) is 5.69 Å². The number of urea groups is 1. The van der Waals surface area contributed by atoms with Crippen LogP contribution in [0.3, 0.4) is 0 Å². The predicted octanol–water partition coefficient (Wildman–Crippen LogP) is 1.11. The lowest BCUT2D eigenvalue weighted by molar-refractivity contribution is -0.384. The Bertz CT molecular complexity index is 976. The van der Waals surface area contributed by atoms with Crippen LogP contribution in [0.15, 0.2) is 18.2 Å². The number of halogens is 3. The molecule has 2 saturated heterocycles. The molecule has 15 heteroatoms. The van der Waals surface area contributed by atoms with Crippen molar-refractivity contribution in [3.63, 3.8) is 0 Å². The maximum atomic E-state index is 12.9. The average molecular weight is 495 g/mol. The number of nitro groups is 1. The Morgan fingerprint density at radius 1 is 1.12 bits per heavy atom. The number of benzene rings is 1. The van der Waals surface area contributed by atoms with Crippen molar-refractivity contribution in [3.8, 4) is 0 Å². The van der Waals surface area contributed by atoms with Gasteiger partial charge in [0.05, 0.1) is 29.5 Å². The van der Waals surface area contributed by atoms with Gasteiger partial charge in [-0.1, -0.05) is 0 Å². The fourth-order valence-corrected chi connectivity index (χ4v) is 4.94. The van der Waals surface area contributed by atoms with Crippen molar-refractivity contribution < 1.29 is 36.0 Å². The molecule has 0 saturated carbocycles. The van der Waals surface area contributed by atoms with E-state index in [1.54, 1.807) is 4.90 Å². The summed E-state index contributed by atoms with van der Waals surface area (Å²) < 4.78 is 69.7. The molecule has 0 unspecified atom stereocenters. The topological polar surface area (TPSA) is 125 Å². The lowest BCUT2D eigenvalue weighted by Crippen LogP contribution is -2.52. The smallest absolute Gasteiger partial charge is 0.379 e. The van der Waals surface area contributed by atoms with Crippen LogP contribution in [0.2, 0.25) is 0 Å². The van der Waals surface area contributed by atoms with E-state index in [1.165, 1.54) is 9.21 Å². The normalized spacial score (nSPS) is 18.3. The number of sulfonamides is 1. The van der Waals surface area contributed by atoms with Gasteiger partial charge in [-0.05, 0) is 12.1 Å². The molecular formula is C18H24F3N5O6S. The summed E-state index contributed by atoms with van der Waals surface area (Å²) in [7, 11) is -3.51. The summed E-state index contributed by atoms with van der Waals surface area (Å²) >= 11 is 0. The van der Waals surface area contributed by atoms with Gasteiger partial charge in [-0.15, -0.1) is 0 Å². The van der Waals surface area contributed by atoms with Gasteiger partial charge in [-0.25, -0.2) is 13.2 Å². The molecule has 0 bridgehead atoms. The predicted molar refractivity (Wildman–Crippen MR) is 111 cm³/mol. The van der Waals surface area contributed by atoms with Crippen LogP contribution in [0, 0.1) is 10.1 Å². The molecule has 0 aliphatic carbocycles. The Labute approximate surface area is 188 Å². The second kappa shape index (κ2) is 10.1. The highest BCUT2D eigenvalue weighted by Gasteiger charge is 2.34. The number of morpholine rings is 1. The summed E-state index contributed by atoms with van der Waals surface area (Å²) in [5.41, 5.74) is -1.72. The van der Waals surface area contributed by atoms with Crippen LogP contribution >= 0.6 is 0 Å². The van der Waals surface area contributed by atoms with Gasteiger partial charge in [0, 0.05) is 51.9 Å². The number of anilines is 1. The molecule has 184 valence electrons. The number of nitro benzene ring substituents is 1. The maximum absolute atomic E-state index is 12.9. The third kappa shape index (κ3) is 6.23. The van der Waals surface area contributed by atoms with Crippen molar-refractivity contribution in [1.29, 1.82) is 0 Å². The lowest BCUT2D eigenvalue weighted by atomic mass is 10.1. The van der Waals surface area contributed by atoms with Crippen LogP contribution in [-0.4, -0.2) is 93.4 Å². The number of hydrogen-bond acceptors (Lipinski definition) is 7. The molecule has 0 radical (unpaired) electrons. The van der Waals surface area contributed by atoms with Gasteiger partial charge < -0.3 is 19.9 Å². The Hall–Kier alpha value is -2.65. The number of rotatable bonds is 6. The standard InChI is InChI=1S/C18H24F3N5O6S/c19-18(20,21)14-1-2-15(16(13-14)26(28)29)23-4-6-24(7-5-23)17(27)22-3-12-33(30,31)25-8-10-32-11-9-25/h1-2,13H,3-12H2,(H,22,27). The number of carbonyl (C=O) groups excluding carboxylic acids is 1. The van der Waals surface area contributed by atoms with Crippen LogP contribution in [-0.2, 0) is 20.9 Å². The van der Waals surface area contributed by atoms with Crippen molar-refractivity contribution in [2.24, 2.45) is 0 Å². The van der Waals surface area contributed by atoms with E-state index in [-0.39, 0.29) is 57.3 Å². The lowest BCUT2D eigenvalue weighted by Gasteiger charge is -2.35. The molecule has 3 rings (SSSR count). The molecule has 33 heavy (non-hydrogen) atoms. The van der Waals surface area contributed by atoms with Gasteiger partial charge in [-0.3, -0.25) is 10.1 Å². The third-order valence-corrected chi connectivity index (χ3v) is 7.28. The maximum Gasteiger partial charge on any atom is 0.416 e. The van der Waals surface area contributed by atoms with E-state index in [1.807, 2.05) is 0 Å². The fraction of sp³-hybridized carbons (Fsp3) is 0.611. The van der Waals surface area contributed by atoms with Crippen molar-refractivity contribution in [2.75, 3.05) is 69.7 Å². The van der Waals surface area contributed by atoms with E-state index in [0.29, 0.717) is 19.3 Å². The molecule has 2 aliphatic heterocycles. The molecule has 0 aromatic heterocycles. The quantitative estimate of drug-likeness (QED) is 0.463. The summed E-state index contributed by atoms with van der Waals surface area (Å²) in [4.78, 5) is 25.8. The molecule has 1 aromatic rings. The minimum absolute atomic E-state index is 0.0460. The van der Waals surface area contributed by atoms with Crippen molar-refractivity contribution >= 4 is 27.4 Å². The van der Waals surface area contributed by atoms with Crippen molar-refractivity contribution in [1.82, 2.24) is 14.5 Å². The minimum Gasteiger partial charge on any atom is -0.379 e. The fourth-order valence-electron chi connectivity index (χ4n) is 3.62. The summed E-state index contributed by atoms with van der Waals surface area (Å²) in [5.74, 6) is -0.254. The second-order valence-corrected chi connectivity index (χ2v) is 9.58. The van der Waals surface area contributed by atoms with Gasteiger partial charge in [0.2, 0.25) is 10.0 Å². The van der Waals surface area contributed by atoms with Gasteiger partial charge in [-0.2, -0.15) is 17.5 Å². The first-order chi connectivity index (χ1) is 15.5. The molecule has 2 heterocycles. The number of carbonyl (C=O) groups is 1. The highest BCUT2D eigenvalue weighted by atomic mass is 32.2. The van der Waals surface area contributed by atoms with Crippen LogP contribution in [0.5, 0.6) is 0 Å². The van der Waals surface area contributed by atoms with Crippen molar-refractivity contribution in [3.05, 3.63) is 33.9 Å². The van der Waals surface area contributed by atoms with E-state index in [0.717, 1.165) is 12.1 Å². The number of alkyl halides is 3. The zero-order valence-corrected chi connectivity index (χ0v) is 18.4. The third-order valence-electron chi connectivity index (χ3n) is 5.41. The van der Waals surface area contributed by atoms with Gasteiger partial charge in [0.15, 0.2) is 0 Å². The molecular weight excluding hydrogens is 471 g/mol. The summed E-state index contributed by atoms with van der Waals surface area (Å²) in [6.45, 7) is 1.80. The molecule has 1 N–H and O–H groups in total. The zero-order valence-electron chi connectivity index (χ0n) is 17.6. The van der Waals surface area contributed by atoms with E-state index in [2.05, 4.69) is 5.32 Å². The summed E-state index contributed by atoms with van der Waals surface area (Å²) in [6, 6.07) is 1.88. The minimum atomic E-state index is -4.70. The molecule has 2 fully saturated rings. The Kier molecular flexibility index (Phi) is 7.64. The summed E-state index contributed by atoms with van der Waals surface area (Å²) in [5, 5.41) is 13.9. The number of nitrogens with zero attached hydrogens (tertiary/aromatic N) is 4. The number of ether oxygens (including phenoxy) is 1. The monoisotopic (exact) mass is 495 g/mol. The van der Waals surface area contributed by atoms with Crippen LogP contribution in [0.25, 0.3) is 0 Å². The van der Waals surface area contributed by atoms with E-state index >= 15 is 0 Å². The molecule has 2 aliphatic rings. The van der Waals surface area contributed by atoms with E-state index in [4.69, 9.17) is 4.74 Å². The molecule has 2 amide bonds. The SMILES string of the molecule is O=C(NCCS(=O)(=O)N1CCOCC1)N1CCN(c2ccc(C(F)(F)F)cc2[N+](=O)[O-])CC1. The van der Waals surface area contributed by atoms with Crippen LogP contribution in [0.4, 0.5) is 29.3 Å². The molecule has 0 atom stereocenters. The zero-order chi connectivity index (χ0) is 24.2. The molecule has 0 spiro atoms. The largest absolute Gasteiger partial charge is 0.416 e. The Morgan fingerprint density at radius 2 is 1.76 bits per heavy atom. The summed E-state index contributed by atoms with van der Waals surface area (Å²) in [6.07, 6.45) is -4.70. The first kappa shape index (κ1) is 25.0. The van der Waals surface area contributed by atoms with Crippen LogP contribution in [0.1, 0.15) is 5.56 Å². The number of piperazine rings is 1. The second-order valence-electron chi connectivity index (χ2n) is 7.49. The number of hydrogen-bond donors (Lipinski definition) is 1. The van der Waals surface area contributed by atoms with E-state index < -0.39 is 38.4 Å². The number of nitrogens with one attached hydrogen (secondary N) is 1. The highest BCUT2D eigenvalue weighted by molar-refractivity contribution is 7.89. The van der Waals surface area contributed by atoms with Crippen molar-refractivity contribution in [2.45, 2.75) is 6.18 Å².